The molecule has 1 N–H and O–H groups in total. The van der Waals surface area contributed by atoms with Crippen LogP contribution in [0.4, 0.5) is 5.69 Å². The number of carbonyl (C=O) groups excluding carboxylic acids is 2. The first-order valence-corrected chi connectivity index (χ1v) is 12.8. The van der Waals surface area contributed by atoms with Gasteiger partial charge in [-0.3, -0.25) is 4.79 Å². The van der Waals surface area contributed by atoms with Crippen molar-refractivity contribution in [2.24, 2.45) is 5.92 Å². The Hall–Kier alpha value is -3.16. The number of nitrogens with one attached hydrogen (secondary N) is 1. The first kappa shape index (κ1) is 25.5. The monoisotopic (exact) mass is 486 g/mol. The van der Waals surface area contributed by atoms with Crippen LogP contribution in [0.2, 0.25) is 0 Å². The molecule has 1 fully saturated rings. The van der Waals surface area contributed by atoms with E-state index in [1.165, 1.54) is 4.31 Å². The van der Waals surface area contributed by atoms with Gasteiger partial charge >= 0.3 is 5.97 Å². The van der Waals surface area contributed by atoms with Crippen molar-refractivity contribution in [1.29, 1.82) is 5.26 Å². The SMILES string of the molecule is CCOC(=O)c1c(S(=O)(=O)N2CCC[C@H](C(=O)Nc3cccc(C#N)c3)C2)c(C)n(CC)c1C. The number of sulfonamides is 1. The summed E-state index contributed by atoms with van der Waals surface area (Å²) in [4.78, 5) is 25.6. The largest absolute Gasteiger partial charge is 0.462 e. The van der Waals surface area contributed by atoms with Crippen LogP contribution in [0.1, 0.15) is 54.0 Å². The van der Waals surface area contributed by atoms with Crippen LogP contribution in [0.3, 0.4) is 0 Å². The van der Waals surface area contributed by atoms with E-state index in [2.05, 4.69) is 5.32 Å². The van der Waals surface area contributed by atoms with Gasteiger partial charge in [0, 0.05) is 36.7 Å². The molecule has 2 aromatic rings. The lowest BCUT2D eigenvalue weighted by atomic mass is 9.98. The Labute approximate surface area is 200 Å². The van der Waals surface area contributed by atoms with Crippen molar-refractivity contribution in [3.8, 4) is 6.07 Å². The van der Waals surface area contributed by atoms with Gasteiger partial charge in [0.2, 0.25) is 15.9 Å². The minimum Gasteiger partial charge on any atom is -0.462 e. The molecule has 0 saturated carbocycles. The first-order chi connectivity index (χ1) is 16.1. The van der Waals surface area contributed by atoms with Gasteiger partial charge < -0.3 is 14.6 Å². The number of nitriles is 1. The van der Waals surface area contributed by atoms with E-state index < -0.39 is 21.9 Å². The Morgan fingerprint density at radius 1 is 1.24 bits per heavy atom. The molecule has 34 heavy (non-hydrogen) atoms. The molecule has 3 rings (SSSR count). The highest BCUT2D eigenvalue weighted by Gasteiger charge is 2.39. The first-order valence-electron chi connectivity index (χ1n) is 11.3. The Balaban J connectivity index is 1.90. The quantitative estimate of drug-likeness (QED) is 0.600. The van der Waals surface area contributed by atoms with Crippen LogP contribution in [-0.4, -0.2) is 48.9 Å². The number of anilines is 1. The fourth-order valence-electron chi connectivity index (χ4n) is 4.50. The molecular weight excluding hydrogens is 456 g/mol. The molecule has 182 valence electrons. The lowest BCUT2D eigenvalue weighted by molar-refractivity contribution is -0.120. The number of amides is 1. The summed E-state index contributed by atoms with van der Waals surface area (Å²) >= 11 is 0. The number of esters is 1. The molecule has 1 atom stereocenters. The van der Waals surface area contributed by atoms with Crippen LogP contribution in [0.15, 0.2) is 29.2 Å². The average Bonchev–Trinajstić information content (AvgIpc) is 3.09. The maximum atomic E-state index is 13.8. The molecular formula is C24H30N4O5S. The Morgan fingerprint density at radius 2 is 1.97 bits per heavy atom. The number of piperidine rings is 1. The predicted molar refractivity (Wildman–Crippen MR) is 127 cm³/mol. The predicted octanol–water partition coefficient (Wildman–Crippen LogP) is 3.21. The van der Waals surface area contributed by atoms with E-state index in [-0.39, 0.29) is 36.1 Å². The van der Waals surface area contributed by atoms with Crippen LogP contribution >= 0.6 is 0 Å². The summed E-state index contributed by atoms with van der Waals surface area (Å²) in [7, 11) is -4.06. The smallest absolute Gasteiger partial charge is 0.341 e. The maximum Gasteiger partial charge on any atom is 0.341 e. The van der Waals surface area contributed by atoms with Crippen molar-refractivity contribution in [3.63, 3.8) is 0 Å². The van der Waals surface area contributed by atoms with Crippen molar-refractivity contribution in [2.45, 2.75) is 52.0 Å². The Kier molecular flexibility index (Phi) is 7.79. The fraction of sp³-hybridized carbons (Fsp3) is 0.458. The summed E-state index contributed by atoms with van der Waals surface area (Å²) < 4.78 is 35.8. The summed E-state index contributed by atoms with van der Waals surface area (Å²) in [5.41, 5.74) is 1.98. The number of carbonyl (C=O) groups is 2. The van der Waals surface area contributed by atoms with Gasteiger partial charge in [-0.05, 0) is 58.7 Å². The minimum atomic E-state index is -4.06. The van der Waals surface area contributed by atoms with Gasteiger partial charge in [-0.25, -0.2) is 13.2 Å². The van der Waals surface area contributed by atoms with Crippen LogP contribution < -0.4 is 5.32 Å². The molecule has 1 aliphatic heterocycles. The lowest BCUT2D eigenvalue weighted by Crippen LogP contribution is -2.44. The van der Waals surface area contributed by atoms with E-state index >= 15 is 0 Å². The third-order valence-corrected chi connectivity index (χ3v) is 8.16. The van der Waals surface area contributed by atoms with E-state index in [9.17, 15) is 18.0 Å². The van der Waals surface area contributed by atoms with E-state index in [0.717, 1.165) is 0 Å². The summed E-state index contributed by atoms with van der Waals surface area (Å²) in [5.74, 6) is -1.54. The molecule has 2 heterocycles. The minimum absolute atomic E-state index is 0.00413. The molecule has 1 aliphatic rings. The van der Waals surface area contributed by atoms with Crippen molar-refractivity contribution in [2.75, 3.05) is 25.0 Å². The Bertz CT molecular complexity index is 1240. The molecule has 0 aliphatic carbocycles. The van der Waals surface area contributed by atoms with Crippen molar-refractivity contribution in [1.82, 2.24) is 8.87 Å². The zero-order chi connectivity index (χ0) is 25.0. The Morgan fingerprint density at radius 3 is 2.62 bits per heavy atom. The molecule has 0 spiro atoms. The van der Waals surface area contributed by atoms with Gasteiger partial charge in [-0.2, -0.15) is 9.57 Å². The van der Waals surface area contributed by atoms with Crippen LogP contribution in [0, 0.1) is 31.1 Å². The normalized spacial score (nSPS) is 16.6. The number of hydrogen-bond acceptors (Lipinski definition) is 6. The van der Waals surface area contributed by atoms with Gasteiger partial charge in [0.05, 0.1) is 24.2 Å². The van der Waals surface area contributed by atoms with Gasteiger partial charge in [0.15, 0.2) is 0 Å². The van der Waals surface area contributed by atoms with Crippen molar-refractivity contribution >= 4 is 27.6 Å². The number of ether oxygens (including phenoxy) is 1. The number of nitrogens with zero attached hydrogens (tertiary/aromatic N) is 3. The molecule has 0 bridgehead atoms. The molecule has 1 saturated heterocycles. The van der Waals surface area contributed by atoms with Gasteiger partial charge in [0.25, 0.3) is 0 Å². The summed E-state index contributed by atoms with van der Waals surface area (Å²) in [6.07, 6.45) is 1.05. The summed E-state index contributed by atoms with van der Waals surface area (Å²) in [5, 5.41) is 11.9. The van der Waals surface area contributed by atoms with Gasteiger partial charge in [-0.15, -0.1) is 0 Å². The second-order valence-corrected chi connectivity index (χ2v) is 10.1. The summed E-state index contributed by atoms with van der Waals surface area (Å²) in [6.45, 7) is 7.85. The number of rotatable bonds is 7. The topological polar surface area (TPSA) is 122 Å². The fourth-order valence-corrected chi connectivity index (χ4v) is 6.48. The number of aromatic nitrogens is 1. The molecule has 0 radical (unpaired) electrons. The number of benzene rings is 1. The number of hydrogen-bond donors (Lipinski definition) is 1. The molecule has 1 aromatic heterocycles. The van der Waals surface area contributed by atoms with Crippen molar-refractivity contribution < 1.29 is 22.7 Å². The molecule has 1 aromatic carbocycles. The van der Waals surface area contributed by atoms with Crippen LogP contribution in [0.5, 0.6) is 0 Å². The van der Waals surface area contributed by atoms with Gasteiger partial charge in [-0.1, -0.05) is 6.07 Å². The second kappa shape index (κ2) is 10.4. The van der Waals surface area contributed by atoms with E-state index in [1.54, 1.807) is 49.6 Å². The molecule has 0 unspecified atom stereocenters. The van der Waals surface area contributed by atoms with E-state index in [4.69, 9.17) is 10.00 Å². The highest BCUT2D eigenvalue weighted by Crippen LogP contribution is 2.33. The summed E-state index contributed by atoms with van der Waals surface area (Å²) in [6, 6.07) is 8.59. The van der Waals surface area contributed by atoms with E-state index in [0.29, 0.717) is 42.0 Å². The third-order valence-electron chi connectivity index (χ3n) is 6.14. The molecule has 9 nitrogen and oxygen atoms in total. The zero-order valence-electron chi connectivity index (χ0n) is 19.9. The average molecular weight is 487 g/mol. The van der Waals surface area contributed by atoms with Crippen LogP contribution in [0.25, 0.3) is 0 Å². The molecule has 1 amide bonds. The highest BCUT2D eigenvalue weighted by molar-refractivity contribution is 7.89. The van der Waals surface area contributed by atoms with Gasteiger partial charge in [0.1, 0.15) is 10.5 Å². The third kappa shape index (κ3) is 4.86. The van der Waals surface area contributed by atoms with Crippen LogP contribution in [-0.2, 0) is 26.1 Å². The van der Waals surface area contributed by atoms with Crippen molar-refractivity contribution in [3.05, 3.63) is 46.8 Å². The van der Waals surface area contributed by atoms with E-state index in [1.807, 2.05) is 13.0 Å². The standard InChI is InChI=1S/C24H30N4O5S/c1-5-28-16(3)21(24(30)33-6-2)22(17(28)4)34(31,32)27-12-8-10-19(15-27)23(29)26-20-11-7-9-18(13-20)14-25/h7,9,11,13,19H,5-6,8,10,12,15H2,1-4H3,(H,26,29)/t19-/m0/s1. The highest BCUT2D eigenvalue weighted by atomic mass is 32.2. The lowest BCUT2D eigenvalue weighted by Gasteiger charge is -2.31. The second-order valence-electron chi connectivity index (χ2n) is 8.22. The molecule has 10 heteroatoms. The maximum absolute atomic E-state index is 13.8. The zero-order valence-corrected chi connectivity index (χ0v) is 20.7.